The summed E-state index contributed by atoms with van der Waals surface area (Å²) in [7, 11) is 1.63. The van der Waals surface area contributed by atoms with Crippen molar-refractivity contribution in [2.45, 2.75) is 44.0 Å². The smallest absolute Gasteiger partial charge is 0.237 e. The molecule has 0 saturated heterocycles. The van der Waals surface area contributed by atoms with Crippen LogP contribution >= 0.6 is 11.8 Å². The lowest BCUT2D eigenvalue weighted by atomic mass is 9.98. The Morgan fingerprint density at radius 1 is 1.17 bits per heavy atom. The molecule has 3 rings (SSSR count). The van der Waals surface area contributed by atoms with Crippen LogP contribution in [0.15, 0.2) is 53.9 Å². The summed E-state index contributed by atoms with van der Waals surface area (Å²) >= 11 is 1.37. The van der Waals surface area contributed by atoms with Gasteiger partial charge in [-0.1, -0.05) is 49.9 Å². The zero-order valence-electron chi connectivity index (χ0n) is 17.3. The van der Waals surface area contributed by atoms with E-state index in [0.717, 1.165) is 28.3 Å². The molecular formula is C22H26N4O2S. The van der Waals surface area contributed by atoms with E-state index < -0.39 is 0 Å². The van der Waals surface area contributed by atoms with Crippen molar-refractivity contribution in [1.82, 2.24) is 14.8 Å². The molecule has 0 saturated carbocycles. The molecule has 1 amide bonds. The Balaban J connectivity index is 1.78. The van der Waals surface area contributed by atoms with Crippen molar-refractivity contribution in [3.8, 4) is 11.4 Å². The number of aromatic nitrogens is 3. The summed E-state index contributed by atoms with van der Waals surface area (Å²) in [5, 5.41) is 11.6. The van der Waals surface area contributed by atoms with Gasteiger partial charge in [-0.15, -0.1) is 10.2 Å². The Hall–Kier alpha value is -2.80. The number of hydrogen-bond donors (Lipinski definition) is 1. The molecule has 3 aromatic rings. The highest BCUT2D eigenvalue weighted by Crippen LogP contribution is 2.30. The monoisotopic (exact) mass is 410 g/mol. The molecule has 152 valence electrons. The Morgan fingerprint density at radius 2 is 1.93 bits per heavy atom. The fourth-order valence-electron chi connectivity index (χ4n) is 3.02. The highest BCUT2D eigenvalue weighted by molar-refractivity contribution is 8.00. The number of anilines is 1. The molecule has 1 aromatic heterocycles. The number of methoxy groups -OCH3 is 1. The van der Waals surface area contributed by atoms with Gasteiger partial charge in [0.1, 0.15) is 12.1 Å². The molecular weight excluding hydrogens is 384 g/mol. The van der Waals surface area contributed by atoms with Gasteiger partial charge in [0.15, 0.2) is 5.16 Å². The molecule has 0 bridgehead atoms. The van der Waals surface area contributed by atoms with Gasteiger partial charge in [0, 0.05) is 11.8 Å². The van der Waals surface area contributed by atoms with Crippen molar-refractivity contribution in [2.75, 3.05) is 12.4 Å². The number of hydrogen-bond acceptors (Lipinski definition) is 5. The van der Waals surface area contributed by atoms with Crippen LogP contribution in [0, 0.1) is 6.92 Å². The first-order chi connectivity index (χ1) is 13.9. The number of rotatable bonds is 7. The van der Waals surface area contributed by atoms with Crippen molar-refractivity contribution < 1.29 is 9.53 Å². The summed E-state index contributed by atoms with van der Waals surface area (Å²) < 4.78 is 7.15. The lowest BCUT2D eigenvalue weighted by Gasteiger charge is -2.18. The Morgan fingerprint density at radius 3 is 2.66 bits per heavy atom. The summed E-state index contributed by atoms with van der Waals surface area (Å²) in [5.74, 6) is 1.01. The number of carbonyl (C=O) groups is 1. The third-order valence-electron chi connectivity index (χ3n) is 4.67. The number of aryl methyl sites for hydroxylation is 1. The van der Waals surface area contributed by atoms with E-state index in [0.29, 0.717) is 11.1 Å². The van der Waals surface area contributed by atoms with E-state index >= 15 is 0 Å². The molecule has 6 nitrogen and oxygen atoms in total. The SMILES string of the molecule is COc1cccc(-n2cnnc2S[C@@H](C)C(=O)Nc2c(C)cccc2C(C)C)c1. The minimum absolute atomic E-state index is 0.0635. The lowest BCUT2D eigenvalue weighted by Crippen LogP contribution is -2.24. The number of ether oxygens (including phenoxy) is 1. The second kappa shape index (κ2) is 9.13. The van der Waals surface area contributed by atoms with Crippen LogP contribution in [0.4, 0.5) is 5.69 Å². The minimum Gasteiger partial charge on any atom is -0.497 e. The molecule has 1 atom stereocenters. The van der Waals surface area contributed by atoms with Crippen molar-refractivity contribution in [2.24, 2.45) is 0 Å². The maximum absolute atomic E-state index is 12.9. The molecule has 0 aliphatic carbocycles. The molecule has 1 heterocycles. The number of nitrogens with one attached hydrogen (secondary N) is 1. The molecule has 7 heteroatoms. The summed E-state index contributed by atoms with van der Waals surface area (Å²) in [6.45, 7) is 8.13. The van der Waals surface area contributed by atoms with Crippen LogP contribution in [-0.4, -0.2) is 33.0 Å². The number of para-hydroxylation sites is 1. The van der Waals surface area contributed by atoms with E-state index in [9.17, 15) is 4.79 Å². The van der Waals surface area contributed by atoms with E-state index in [1.807, 2.05) is 54.8 Å². The van der Waals surface area contributed by atoms with Crippen LogP contribution in [-0.2, 0) is 4.79 Å². The van der Waals surface area contributed by atoms with Crippen molar-refractivity contribution in [3.05, 3.63) is 59.9 Å². The van der Waals surface area contributed by atoms with Gasteiger partial charge in [-0.25, -0.2) is 0 Å². The maximum Gasteiger partial charge on any atom is 0.237 e. The number of benzene rings is 2. The highest BCUT2D eigenvalue weighted by atomic mass is 32.2. The second-order valence-electron chi connectivity index (χ2n) is 7.13. The molecule has 0 spiro atoms. The number of thioether (sulfide) groups is 1. The Labute approximate surface area is 175 Å². The Bertz CT molecular complexity index is 1000. The quantitative estimate of drug-likeness (QED) is 0.565. The lowest BCUT2D eigenvalue weighted by molar-refractivity contribution is -0.115. The first-order valence-electron chi connectivity index (χ1n) is 9.52. The first-order valence-corrected chi connectivity index (χ1v) is 10.4. The highest BCUT2D eigenvalue weighted by Gasteiger charge is 2.21. The molecule has 2 aromatic carbocycles. The van der Waals surface area contributed by atoms with Crippen molar-refractivity contribution in [1.29, 1.82) is 0 Å². The average molecular weight is 411 g/mol. The fraction of sp³-hybridized carbons (Fsp3) is 0.318. The van der Waals surface area contributed by atoms with Crippen LogP contribution in [0.2, 0.25) is 0 Å². The Kier molecular flexibility index (Phi) is 6.59. The minimum atomic E-state index is -0.344. The summed E-state index contributed by atoms with van der Waals surface area (Å²) in [5.41, 5.74) is 3.97. The zero-order chi connectivity index (χ0) is 21.0. The van der Waals surface area contributed by atoms with E-state index in [2.05, 4.69) is 35.4 Å². The standard InChI is InChI=1S/C22H26N4O2S/c1-14(2)19-11-6-8-15(3)20(19)24-21(27)16(4)29-22-25-23-13-26(22)17-9-7-10-18(12-17)28-5/h6-14,16H,1-5H3,(H,24,27)/t16-/m0/s1. The number of amides is 1. The van der Waals surface area contributed by atoms with Crippen LogP contribution in [0.1, 0.15) is 37.8 Å². The van der Waals surface area contributed by atoms with Crippen molar-refractivity contribution >= 4 is 23.4 Å². The van der Waals surface area contributed by atoms with Gasteiger partial charge >= 0.3 is 0 Å². The predicted molar refractivity (Wildman–Crippen MR) is 117 cm³/mol. The predicted octanol–water partition coefficient (Wildman–Crippen LogP) is 4.83. The summed E-state index contributed by atoms with van der Waals surface area (Å²) in [6.07, 6.45) is 1.64. The average Bonchev–Trinajstić information content (AvgIpc) is 3.17. The van der Waals surface area contributed by atoms with Gasteiger partial charge < -0.3 is 10.1 Å². The van der Waals surface area contributed by atoms with E-state index in [1.165, 1.54) is 11.8 Å². The largest absolute Gasteiger partial charge is 0.497 e. The van der Waals surface area contributed by atoms with E-state index in [4.69, 9.17) is 4.74 Å². The third-order valence-corrected chi connectivity index (χ3v) is 5.73. The van der Waals surface area contributed by atoms with Crippen molar-refractivity contribution in [3.63, 3.8) is 0 Å². The summed E-state index contributed by atoms with van der Waals surface area (Å²) in [6, 6.07) is 13.7. The molecule has 29 heavy (non-hydrogen) atoms. The topological polar surface area (TPSA) is 69.0 Å². The molecule has 0 fully saturated rings. The van der Waals surface area contributed by atoms with Gasteiger partial charge in [-0.05, 0) is 43.0 Å². The van der Waals surface area contributed by atoms with Gasteiger partial charge in [0.25, 0.3) is 0 Å². The molecule has 1 N–H and O–H groups in total. The van der Waals surface area contributed by atoms with Gasteiger partial charge in [0.05, 0.1) is 18.0 Å². The second-order valence-corrected chi connectivity index (χ2v) is 8.44. The van der Waals surface area contributed by atoms with E-state index in [1.54, 1.807) is 13.4 Å². The fourth-order valence-corrected chi connectivity index (χ4v) is 3.86. The molecule has 0 unspecified atom stereocenters. The zero-order valence-corrected chi connectivity index (χ0v) is 18.2. The number of carbonyl (C=O) groups excluding carboxylic acids is 1. The maximum atomic E-state index is 12.9. The van der Waals surface area contributed by atoms with Crippen LogP contribution < -0.4 is 10.1 Å². The molecule has 0 aliphatic heterocycles. The number of nitrogens with zero attached hydrogens (tertiary/aromatic N) is 3. The van der Waals surface area contributed by atoms with Crippen LogP contribution in [0.25, 0.3) is 5.69 Å². The van der Waals surface area contributed by atoms with Gasteiger partial charge in [0.2, 0.25) is 5.91 Å². The normalized spacial score (nSPS) is 12.1. The van der Waals surface area contributed by atoms with E-state index in [-0.39, 0.29) is 11.2 Å². The van der Waals surface area contributed by atoms with Crippen LogP contribution in [0.5, 0.6) is 5.75 Å². The molecule has 0 radical (unpaired) electrons. The van der Waals surface area contributed by atoms with Crippen LogP contribution in [0.3, 0.4) is 0 Å². The summed E-state index contributed by atoms with van der Waals surface area (Å²) in [4.78, 5) is 12.9. The van der Waals surface area contributed by atoms with Gasteiger partial charge in [-0.2, -0.15) is 0 Å². The molecule has 0 aliphatic rings. The third kappa shape index (κ3) is 4.79. The first kappa shape index (κ1) is 20.9. The van der Waals surface area contributed by atoms with Gasteiger partial charge in [-0.3, -0.25) is 9.36 Å².